The van der Waals surface area contributed by atoms with E-state index in [1.807, 2.05) is 6.07 Å². The van der Waals surface area contributed by atoms with Gasteiger partial charge in [-0.1, -0.05) is 19.1 Å². The second kappa shape index (κ2) is 9.37. The Hall–Kier alpha value is -2.95. The van der Waals surface area contributed by atoms with Crippen LogP contribution in [0.15, 0.2) is 24.3 Å². The molecule has 25 heavy (non-hydrogen) atoms. The quantitative estimate of drug-likeness (QED) is 0.628. The van der Waals surface area contributed by atoms with Gasteiger partial charge in [0.2, 0.25) is 17.7 Å². The number of benzene rings is 1. The third-order valence-electron chi connectivity index (χ3n) is 3.61. The van der Waals surface area contributed by atoms with E-state index in [9.17, 15) is 18.8 Å². The summed E-state index contributed by atoms with van der Waals surface area (Å²) in [4.78, 5) is 35.4. The summed E-state index contributed by atoms with van der Waals surface area (Å²) in [7, 11) is 0. The number of rotatable bonds is 8. The molecule has 8 heteroatoms. The van der Waals surface area contributed by atoms with E-state index < -0.39 is 41.5 Å². The van der Waals surface area contributed by atoms with Gasteiger partial charge < -0.3 is 16.4 Å². The van der Waals surface area contributed by atoms with E-state index in [0.29, 0.717) is 5.56 Å². The number of halogens is 1. The van der Waals surface area contributed by atoms with Crippen molar-refractivity contribution in [2.75, 3.05) is 0 Å². The molecule has 1 aromatic rings. The maximum Gasteiger partial charge on any atom is 0.243 e. The van der Waals surface area contributed by atoms with Crippen molar-refractivity contribution in [3.8, 4) is 6.07 Å². The summed E-state index contributed by atoms with van der Waals surface area (Å²) in [5.41, 5.74) is 5.80. The standard InChI is InChI=1S/C17H21FN4O3/c1-10(6-7-19)15(16(20)24)22-17(25)14(21-11(2)23)9-12-4-3-5-13(18)8-12/h3-5,8,10,14-15H,6,9H2,1-2H3,(H2,20,24)(H,21,23)(H,22,25)/t10-,14+,15+/m0/s1. The molecule has 0 spiro atoms. The highest BCUT2D eigenvalue weighted by Crippen LogP contribution is 2.10. The van der Waals surface area contributed by atoms with E-state index in [1.54, 1.807) is 13.0 Å². The Kier molecular flexibility index (Phi) is 7.53. The largest absolute Gasteiger partial charge is 0.368 e. The van der Waals surface area contributed by atoms with Gasteiger partial charge in [0, 0.05) is 19.8 Å². The van der Waals surface area contributed by atoms with Crippen LogP contribution in [0.25, 0.3) is 0 Å². The topological polar surface area (TPSA) is 125 Å². The molecular formula is C17H21FN4O3. The highest BCUT2D eigenvalue weighted by Gasteiger charge is 2.28. The fraction of sp³-hybridized carbons (Fsp3) is 0.412. The third-order valence-corrected chi connectivity index (χ3v) is 3.61. The zero-order valence-corrected chi connectivity index (χ0v) is 14.1. The van der Waals surface area contributed by atoms with Crippen molar-refractivity contribution in [3.63, 3.8) is 0 Å². The van der Waals surface area contributed by atoms with Crippen molar-refractivity contribution in [2.24, 2.45) is 11.7 Å². The minimum absolute atomic E-state index is 0.0303. The van der Waals surface area contributed by atoms with E-state index in [0.717, 1.165) is 0 Å². The zero-order valence-electron chi connectivity index (χ0n) is 14.1. The number of hydrogen-bond acceptors (Lipinski definition) is 4. The van der Waals surface area contributed by atoms with Crippen LogP contribution in [-0.4, -0.2) is 29.8 Å². The Bertz CT molecular complexity index is 687. The predicted molar refractivity (Wildman–Crippen MR) is 88.2 cm³/mol. The minimum atomic E-state index is -1.05. The highest BCUT2D eigenvalue weighted by molar-refractivity contribution is 5.91. The van der Waals surface area contributed by atoms with Gasteiger partial charge in [0.15, 0.2) is 0 Å². The number of amides is 3. The summed E-state index contributed by atoms with van der Waals surface area (Å²) in [5.74, 6) is -2.80. The first-order chi connectivity index (χ1) is 11.7. The molecule has 0 saturated carbocycles. The normalized spacial score (nSPS) is 13.8. The number of primary amides is 1. The average Bonchev–Trinajstić information content (AvgIpc) is 2.51. The van der Waals surface area contributed by atoms with Crippen molar-refractivity contribution in [2.45, 2.75) is 38.8 Å². The second-order valence-electron chi connectivity index (χ2n) is 5.82. The molecule has 0 unspecified atom stereocenters. The maximum absolute atomic E-state index is 13.3. The van der Waals surface area contributed by atoms with Gasteiger partial charge >= 0.3 is 0 Å². The van der Waals surface area contributed by atoms with Gasteiger partial charge in [0.1, 0.15) is 17.9 Å². The minimum Gasteiger partial charge on any atom is -0.368 e. The molecule has 0 aliphatic rings. The second-order valence-corrected chi connectivity index (χ2v) is 5.82. The van der Waals surface area contributed by atoms with Gasteiger partial charge in [-0.05, 0) is 23.6 Å². The van der Waals surface area contributed by atoms with Crippen LogP contribution in [-0.2, 0) is 20.8 Å². The Labute approximate surface area is 145 Å². The van der Waals surface area contributed by atoms with E-state index >= 15 is 0 Å². The lowest BCUT2D eigenvalue weighted by Gasteiger charge is -2.24. The van der Waals surface area contributed by atoms with Crippen molar-refractivity contribution in [3.05, 3.63) is 35.6 Å². The lowest BCUT2D eigenvalue weighted by atomic mass is 9.97. The molecule has 3 amide bonds. The summed E-state index contributed by atoms with van der Waals surface area (Å²) in [5, 5.41) is 13.7. The number of carbonyl (C=O) groups is 3. The average molecular weight is 348 g/mol. The molecule has 3 atom stereocenters. The van der Waals surface area contributed by atoms with E-state index in [1.165, 1.54) is 25.1 Å². The van der Waals surface area contributed by atoms with Crippen molar-refractivity contribution in [1.82, 2.24) is 10.6 Å². The first-order valence-electron chi connectivity index (χ1n) is 7.72. The van der Waals surface area contributed by atoms with Gasteiger partial charge in [-0.15, -0.1) is 0 Å². The van der Waals surface area contributed by atoms with Crippen LogP contribution in [0.2, 0.25) is 0 Å². The molecule has 0 bridgehead atoms. The number of nitrogens with two attached hydrogens (primary N) is 1. The molecule has 1 rings (SSSR count). The van der Waals surface area contributed by atoms with Crippen LogP contribution in [0.5, 0.6) is 0 Å². The van der Waals surface area contributed by atoms with E-state index in [-0.39, 0.29) is 12.8 Å². The summed E-state index contributed by atoms with van der Waals surface area (Å²) in [6.07, 6.45) is 0.0733. The Morgan fingerprint density at radius 1 is 1.32 bits per heavy atom. The predicted octanol–water partition coefficient (Wildman–Crippen LogP) is 0.393. The zero-order chi connectivity index (χ0) is 19.0. The smallest absolute Gasteiger partial charge is 0.243 e. The molecule has 134 valence electrons. The number of nitrogens with one attached hydrogen (secondary N) is 2. The third kappa shape index (κ3) is 6.59. The van der Waals surface area contributed by atoms with Crippen LogP contribution in [0.1, 0.15) is 25.8 Å². The molecule has 0 saturated heterocycles. The number of nitriles is 1. The number of nitrogens with zero attached hydrogens (tertiary/aromatic N) is 1. The first kappa shape index (κ1) is 20.1. The molecule has 0 aliphatic heterocycles. The summed E-state index contributed by atoms with van der Waals surface area (Å²) in [6.45, 7) is 2.86. The molecular weight excluding hydrogens is 327 g/mol. The van der Waals surface area contributed by atoms with E-state index in [2.05, 4.69) is 10.6 Å². The van der Waals surface area contributed by atoms with Crippen LogP contribution in [0.4, 0.5) is 4.39 Å². The fourth-order valence-electron chi connectivity index (χ4n) is 2.36. The molecule has 7 nitrogen and oxygen atoms in total. The van der Waals surface area contributed by atoms with Crippen LogP contribution in [0, 0.1) is 23.1 Å². The van der Waals surface area contributed by atoms with Crippen LogP contribution in [0.3, 0.4) is 0 Å². The van der Waals surface area contributed by atoms with Gasteiger partial charge in [-0.25, -0.2) is 4.39 Å². The van der Waals surface area contributed by atoms with Crippen molar-refractivity contribution in [1.29, 1.82) is 5.26 Å². The summed E-state index contributed by atoms with van der Waals surface area (Å²) in [6, 6.07) is 5.50. The Morgan fingerprint density at radius 3 is 2.52 bits per heavy atom. The monoisotopic (exact) mass is 348 g/mol. The maximum atomic E-state index is 13.3. The Balaban J connectivity index is 2.93. The van der Waals surface area contributed by atoms with Gasteiger partial charge in [-0.2, -0.15) is 5.26 Å². The first-order valence-corrected chi connectivity index (χ1v) is 7.72. The molecule has 0 radical (unpaired) electrons. The summed E-state index contributed by atoms with van der Waals surface area (Å²) < 4.78 is 13.3. The highest BCUT2D eigenvalue weighted by atomic mass is 19.1. The van der Waals surface area contributed by atoms with Crippen molar-refractivity contribution < 1.29 is 18.8 Å². The summed E-state index contributed by atoms with van der Waals surface area (Å²) >= 11 is 0. The fourth-order valence-corrected chi connectivity index (χ4v) is 2.36. The molecule has 0 heterocycles. The molecule has 1 aromatic carbocycles. The van der Waals surface area contributed by atoms with Gasteiger partial charge in [0.25, 0.3) is 0 Å². The molecule has 0 aromatic heterocycles. The molecule has 0 fully saturated rings. The molecule has 0 aliphatic carbocycles. The van der Waals surface area contributed by atoms with Gasteiger partial charge in [-0.3, -0.25) is 14.4 Å². The lowest BCUT2D eigenvalue weighted by molar-refractivity contribution is -0.131. The number of hydrogen-bond donors (Lipinski definition) is 3. The number of carbonyl (C=O) groups excluding carboxylic acids is 3. The molecule has 4 N–H and O–H groups in total. The van der Waals surface area contributed by atoms with Crippen LogP contribution >= 0.6 is 0 Å². The SMILES string of the molecule is CC(=O)N[C@H](Cc1cccc(F)c1)C(=O)N[C@@H](C(N)=O)[C@@H](C)CC#N. The van der Waals surface area contributed by atoms with Gasteiger partial charge in [0.05, 0.1) is 6.07 Å². The lowest BCUT2D eigenvalue weighted by Crippen LogP contribution is -2.55. The van der Waals surface area contributed by atoms with E-state index in [4.69, 9.17) is 11.0 Å². The van der Waals surface area contributed by atoms with Crippen molar-refractivity contribution >= 4 is 17.7 Å². The van der Waals surface area contributed by atoms with Crippen LogP contribution < -0.4 is 16.4 Å². The Morgan fingerprint density at radius 2 is 2.00 bits per heavy atom.